The quantitative estimate of drug-likeness (QED) is 0.517. The molecular formula is C25H36N4O3. The molecule has 0 aliphatic carbocycles. The van der Waals surface area contributed by atoms with Crippen LogP contribution in [0.4, 0.5) is 17.1 Å². The lowest BCUT2D eigenvalue weighted by atomic mass is 10.2. The average molecular weight is 441 g/mol. The predicted molar refractivity (Wildman–Crippen MR) is 132 cm³/mol. The number of methoxy groups -OCH3 is 1. The van der Waals surface area contributed by atoms with E-state index in [0.29, 0.717) is 24.0 Å². The largest absolute Gasteiger partial charge is 0.495 e. The summed E-state index contributed by atoms with van der Waals surface area (Å²) in [5.74, 6) is 0.268. The average Bonchev–Trinajstić information content (AvgIpc) is 2.75. The number of para-hydroxylation sites is 2. The van der Waals surface area contributed by atoms with Gasteiger partial charge in [-0.1, -0.05) is 19.1 Å². The Morgan fingerprint density at radius 1 is 0.938 bits per heavy atom. The normalized spacial score (nSPS) is 10.8. The van der Waals surface area contributed by atoms with Crippen LogP contribution in [0.15, 0.2) is 48.5 Å². The van der Waals surface area contributed by atoms with Crippen molar-refractivity contribution in [1.82, 2.24) is 4.90 Å². The first kappa shape index (κ1) is 25.2. The predicted octanol–water partition coefficient (Wildman–Crippen LogP) is 4.22. The van der Waals surface area contributed by atoms with Crippen LogP contribution in [-0.2, 0) is 9.59 Å². The Balaban J connectivity index is 1.94. The summed E-state index contributed by atoms with van der Waals surface area (Å²) in [6, 6.07) is 15.5. The van der Waals surface area contributed by atoms with Crippen LogP contribution in [0, 0.1) is 0 Å². The number of benzene rings is 2. The van der Waals surface area contributed by atoms with Crippen molar-refractivity contribution >= 4 is 28.9 Å². The summed E-state index contributed by atoms with van der Waals surface area (Å²) in [6.07, 6.45) is 0.839. The number of anilines is 3. The minimum absolute atomic E-state index is 0.123. The monoisotopic (exact) mass is 440 g/mol. The van der Waals surface area contributed by atoms with Gasteiger partial charge in [-0.3, -0.25) is 14.5 Å². The summed E-state index contributed by atoms with van der Waals surface area (Å²) in [4.78, 5) is 29.3. The molecule has 0 atom stereocenters. The zero-order valence-electron chi connectivity index (χ0n) is 19.9. The maximum absolute atomic E-state index is 12.6. The van der Waals surface area contributed by atoms with E-state index in [1.54, 1.807) is 19.2 Å². The molecule has 0 unspecified atom stereocenters. The summed E-state index contributed by atoms with van der Waals surface area (Å²) in [6.45, 7) is 10.3. The first-order chi connectivity index (χ1) is 15.4. The topological polar surface area (TPSA) is 73.9 Å². The van der Waals surface area contributed by atoms with E-state index >= 15 is 0 Å². The fourth-order valence-corrected chi connectivity index (χ4v) is 3.66. The van der Waals surface area contributed by atoms with E-state index in [1.807, 2.05) is 48.2 Å². The van der Waals surface area contributed by atoms with Gasteiger partial charge in [-0.15, -0.1) is 0 Å². The van der Waals surface area contributed by atoms with Crippen molar-refractivity contribution in [1.29, 1.82) is 0 Å². The molecule has 0 radical (unpaired) electrons. The fraction of sp³-hybridized carbons (Fsp3) is 0.440. The van der Waals surface area contributed by atoms with Crippen LogP contribution in [0.1, 0.15) is 34.1 Å². The van der Waals surface area contributed by atoms with Gasteiger partial charge in [0.15, 0.2) is 0 Å². The number of amides is 2. The highest BCUT2D eigenvalue weighted by atomic mass is 16.5. The lowest BCUT2D eigenvalue weighted by molar-refractivity contribution is -0.120. The van der Waals surface area contributed by atoms with Crippen molar-refractivity contribution in [3.8, 4) is 5.75 Å². The van der Waals surface area contributed by atoms with Crippen molar-refractivity contribution in [2.75, 3.05) is 48.8 Å². The second-order valence-corrected chi connectivity index (χ2v) is 7.93. The maximum atomic E-state index is 12.6. The van der Waals surface area contributed by atoms with Crippen molar-refractivity contribution in [2.24, 2.45) is 0 Å². The van der Waals surface area contributed by atoms with Gasteiger partial charge in [-0.05, 0) is 70.1 Å². The molecule has 0 spiro atoms. The van der Waals surface area contributed by atoms with E-state index in [1.165, 1.54) is 0 Å². The molecule has 0 aromatic heterocycles. The molecule has 0 aliphatic rings. The Hall–Kier alpha value is -3.06. The summed E-state index contributed by atoms with van der Waals surface area (Å²) < 4.78 is 5.28. The van der Waals surface area contributed by atoms with Crippen LogP contribution < -0.4 is 20.3 Å². The Kier molecular flexibility index (Phi) is 10.0. The Morgan fingerprint density at radius 2 is 1.56 bits per heavy atom. The maximum Gasteiger partial charge on any atom is 0.238 e. The van der Waals surface area contributed by atoms with E-state index in [9.17, 15) is 9.59 Å². The van der Waals surface area contributed by atoms with Gasteiger partial charge < -0.3 is 20.3 Å². The molecular weight excluding hydrogens is 404 g/mol. The molecule has 2 aromatic rings. The fourth-order valence-electron chi connectivity index (χ4n) is 3.66. The van der Waals surface area contributed by atoms with Crippen LogP contribution in [0.25, 0.3) is 0 Å². The third-order valence-electron chi connectivity index (χ3n) is 5.10. The van der Waals surface area contributed by atoms with E-state index < -0.39 is 0 Å². The van der Waals surface area contributed by atoms with E-state index in [4.69, 9.17) is 4.74 Å². The van der Waals surface area contributed by atoms with Gasteiger partial charge in [-0.25, -0.2) is 0 Å². The minimum Gasteiger partial charge on any atom is -0.495 e. The first-order valence-electron chi connectivity index (χ1n) is 11.2. The zero-order valence-corrected chi connectivity index (χ0v) is 19.9. The number of rotatable bonds is 12. The highest BCUT2D eigenvalue weighted by Gasteiger charge is 2.16. The molecule has 174 valence electrons. The van der Waals surface area contributed by atoms with Crippen LogP contribution in [0.2, 0.25) is 0 Å². The summed E-state index contributed by atoms with van der Waals surface area (Å²) in [7, 11) is 1.56. The first-order valence-corrected chi connectivity index (χ1v) is 11.2. The van der Waals surface area contributed by atoms with Gasteiger partial charge in [0.25, 0.3) is 0 Å². The number of nitrogens with zero attached hydrogens (tertiary/aromatic N) is 2. The molecule has 0 heterocycles. The molecule has 32 heavy (non-hydrogen) atoms. The molecule has 0 bridgehead atoms. The van der Waals surface area contributed by atoms with E-state index in [-0.39, 0.29) is 24.9 Å². The van der Waals surface area contributed by atoms with E-state index in [0.717, 1.165) is 24.3 Å². The minimum atomic E-state index is -0.187. The summed E-state index contributed by atoms with van der Waals surface area (Å²) in [5, 5.41) is 5.80. The second-order valence-electron chi connectivity index (χ2n) is 7.93. The number of hydrogen-bond donors (Lipinski definition) is 2. The van der Waals surface area contributed by atoms with Gasteiger partial charge in [0.2, 0.25) is 11.8 Å². The van der Waals surface area contributed by atoms with Gasteiger partial charge >= 0.3 is 0 Å². The Morgan fingerprint density at radius 3 is 2.12 bits per heavy atom. The number of carbonyl (C=O) groups is 2. The highest BCUT2D eigenvalue weighted by molar-refractivity contribution is 5.95. The van der Waals surface area contributed by atoms with Gasteiger partial charge in [-0.2, -0.15) is 0 Å². The second kappa shape index (κ2) is 12.7. The third-order valence-corrected chi connectivity index (χ3v) is 5.10. The van der Waals surface area contributed by atoms with Crippen molar-refractivity contribution in [3.63, 3.8) is 0 Å². The molecule has 0 fully saturated rings. The number of ether oxygens (including phenoxy) is 1. The molecule has 0 saturated heterocycles. The number of carbonyl (C=O) groups excluding carboxylic acids is 2. The molecule has 7 nitrogen and oxygen atoms in total. The van der Waals surface area contributed by atoms with Crippen LogP contribution >= 0.6 is 0 Å². The molecule has 2 rings (SSSR count). The Labute approximate surface area is 191 Å². The van der Waals surface area contributed by atoms with E-state index in [2.05, 4.69) is 36.3 Å². The highest BCUT2D eigenvalue weighted by Crippen LogP contribution is 2.23. The third kappa shape index (κ3) is 7.57. The van der Waals surface area contributed by atoms with Crippen molar-refractivity contribution < 1.29 is 14.3 Å². The lowest BCUT2D eigenvalue weighted by Gasteiger charge is -2.27. The number of hydrogen-bond acceptors (Lipinski definition) is 5. The molecule has 7 heteroatoms. The van der Waals surface area contributed by atoms with Gasteiger partial charge in [0, 0.05) is 24.0 Å². The SMILES string of the molecule is CCCN(CC(=O)Nc1ccc(N(CC)C(C)C)cc1)CC(=O)Nc1ccccc1OC. The van der Waals surface area contributed by atoms with Crippen molar-refractivity contribution in [3.05, 3.63) is 48.5 Å². The lowest BCUT2D eigenvalue weighted by Crippen LogP contribution is -2.39. The zero-order chi connectivity index (χ0) is 23.5. The van der Waals surface area contributed by atoms with Crippen LogP contribution in [-0.4, -0.2) is 56.0 Å². The number of nitrogens with one attached hydrogen (secondary N) is 2. The smallest absolute Gasteiger partial charge is 0.238 e. The molecule has 2 N–H and O–H groups in total. The van der Waals surface area contributed by atoms with Gasteiger partial charge in [0.05, 0.1) is 25.9 Å². The van der Waals surface area contributed by atoms with Crippen LogP contribution in [0.3, 0.4) is 0 Å². The van der Waals surface area contributed by atoms with Crippen LogP contribution in [0.5, 0.6) is 5.75 Å². The molecule has 0 saturated carbocycles. The molecule has 2 amide bonds. The summed E-state index contributed by atoms with van der Waals surface area (Å²) in [5.41, 5.74) is 2.48. The summed E-state index contributed by atoms with van der Waals surface area (Å²) >= 11 is 0. The Bertz CT molecular complexity index is 868. The van der Waals surface area contributed by atoms with Crippen molar-refractivity contribution in [2.45, 2.75) is 40.2 Å². The standard InChI is InChI=1S/C25H36N4O3/c1-6-16-28(18-25(31)27-22-10-8-9-11-23(22)32-5)17-24(30)26-20-12-14-21(15-13-20)29(7-2)19(3)4/h8-15,19H,6-7,16-18H2,1-5H3,(H,26,30)(H,27,31). The van der Waals surface area contributed by atoms with Gasteiger partial charge in [0.1, 0.15) is 5.75 Å². The molecule has 2 aromatic carbocycles. The molecule has 0 aliphatic heterocycles.